The van der Waals surface area contributed by atoms with Gasteiger partial charge in [-0.3, -0.25) is 4.98 Å². The van der Waals surface area contributed by atoms with E-state index in [-0.39, 0.29) is 0 Å². The SMILES string of the molecule is CCC(CBr)COc1cccnc1. The Kier molecular flexibility index (Phi) is 4.83. The van der Waals surface area contributed by atoms with Crippen molar-refractivity contribution in [3.63, 3.8) is 0 Å². The fraction of sp³-hybridized carbons (Fsp3) is 0.500. The van der Waals surface area contributed by atoms with Gasteiger partial charge < -0.3 is 4.74 Å². The van der Waals surface area contributed by atoms with E-state index in [1.54, 1.807) is 12.4 Å². The molecule has 0 fully saturated rings. The molecule has 2 nitrogen and oxygen atoms in total. The highest BCUT2D eigenvalue weighted by atomic mass is 79.9. The van der Waals surface area contributed by atoms with E-state index in [4.69, 9.17) is 4.74 Å². The van der Waals surface area contributed by atoms with Gasteiger partial charge in [0.05, 0.1) is 12.8 Å². The maximum atomic E-state index is 5.56. The van der Waals surface area contributed by atoms with E-state index in [9.17, 15) is 0 Å². The summed E-state index contributed by atoms with van der Waals surface area (Å²) in [5.74, 6) is 1.43. The van der Waals surface area contributed by atoms with Crippen molar-refractivity contribution < 1.29 is 4.74 Å². The molecule has 0 radical (unpaired) electrons. The van der Waals surface area contributed by atoms with Crippen molar-refractivity contribution in [2.45, 2.75) is 13.3 Å². The molecule has 1 aromatic heterocycles. The van der Waals surface area contributed by atoms with E-state index in [0.29, 0.717) is 5.92 Å². The summed E-state index contributed by atoms with van der Waals surface area (Å²) in [5.41, 5.74) is 0. The zero-order valence-corrected chi connectivity index (χ0v) is 9.33. The van der Waals surface area contributed by atoms with Crippen LogP contribution in [0.3, 0.4) is 0 Å². The van der Waals surface area contributed by atoms with Gasteiger partial charge in [0.15, 0.2) is 0 Å². The first-order valence-corrected chi connectivity index (χ1v) is 5.57. The molecule has 0 bridgehead atoms. The summed E-state index contributed by atoms with van der Waals surface area (Å²) in [6.07, 6.45) is 4.61. The molecule has 1 heterocycles. The van der Waals surface area contributed by atoms with Crippen molar-refractivity contribution in [3.8, 4) is 5.75 Å². The number of rotatable bonds is 5. The quantitative estimate of drug-likeness (QED) is 0.743. The van der Waals surface area contributed by atoms with Crippen LogP contribution >= 0.6 is 15.9 Å². The third kappa shape index (κ3) is 3.77. The maximum absolute atomic E-state index is 5.56. The maximum Gasteiger partial charge on any atom is 0.137 e. The first-order chi connectivity index (χ1) is 6.36. The average molecular weight is 244 g/mol. The number of aromatic nitrogens is 1. The van der Waals surface area contributed by atoms with Crippen LogP contribution in [0.15, 0.2) is 24.5 Å². The minimum Gasteiger partial charge on any atom is -0.492 e. The Labute approximate surface area is 87.5 Å². The number of alkyl halides is 1. The van der Waals surface area contributed by atoms with E-state index >= 15 is 0 Å². The summed E-state index contributed by atoms with van der Waals surface area (Å²) < 4.78 is 5.56. The Bertz CT molecular complexity index is 224. The van der Waals surface area contributed by atoms with Gasteiger partial charge >= 0.3 is 0 Å². The van der Waals surface area contributed by atoms with Gasteiger partial charge in [0.1, 0.15) is 5.75 Å². The Balaban J connectivity index is 2.34. The van der Waals surface area contributed by atoms with Crippen LogP contribution in [0.4, 0.5) is 0 Å². The first kappa shape index (κ1) is 10.5. The molecule has 1 aromatic rings. The van der Waals surface area contributed by atoms with Crippen molar-refractivity contribution in [1.82, 2.24) is 4.98 Å². The van der Waals surface area contributed by atoms with Crippen molar-refractivity contribution in [1.29, 1.82) is 0 Å². The number of hydrogen-bond acceptors (Lipinski definition) is 2. The highest BCUT2D eigenvalue weighted by Crippen LogP contribution is 2.11. The number of ether oxygens (including phenoxy) is 1. The van der Waals surface area contributed by atoms with Crippen LogP contribution in [0.25, 0.3) is 0 Å². The molecule has 1 rings (SSSR count). The second kappa shape index (κ2) is 5.97. The van der Waals surface area contributed by atoms with Crippen LogP contribution in [0, 0.1) is 5.92 Å². The number of pyridine rings is 1. The standard InChI is InChI=1S/C10H14BrNO/c1-2-9(6-11)8-13-10-4-3-5-12-7-10/h3-5,7,9H,2,6,8H2,1H3. The van der Waals surface area contributed by atoms with Crippen LogP contribution in [0.2, 0.25) is 0 Å². The van der Waals surface area contributed by atoms with Gasteiger partial charge in [-0.25, -0.2) is 0 Å². The first-order valence-electron chi connectivity index (χ1n) is 4.45. The highest BCUT2D eigenvalue weighted by molar-refractivity contribution is 9.09. The van der Waals surface area contributed by atoms with Crippen LogP contribution in [-0.2, 0) is 0 Å². The largest absolute Gasteiger partial charge is 0.492 e. The summed E-state index contributed by atoms with van der Waals surface area (Å²) >= 11 is 3.45. The van der Waals surface area contributed by atoms with E-state index in [2.05, 4.69) is 27.8 Å². The molecule has 0 saturated heterocycles. The van der Waals surface area contributed by atoms with E-state index in [0.717, 1.165) is 24.1 Å². The molecule has 0 saturated carbocycles. The van der Waals surface area contributed by atoms with Gasteiger partial charge in [0, 0.05) is 17.4 Å². The Morgan fingerprint density at radius 3 is 3.00 bits per heavy atom. The monoisotopic (exact) mass is 243 g/mol. The predicted molar refractivity (Wildman–Crippen MR) is 57.3 cm³/mol. The van der Waals surface area contributed by atoms with E-state index < -0.39 is 0 Å². The lowest BCUT2D eigenvalue weighted by atomic mass is 10.1. The summed E-state index contributed by atoms with van der Waals surface area (Å²) in [6.45, 7) is 2.92. The van der Waals surface area contributed by atoms with Gasteiger partial charge in [-0.2, -0.15) is 0 Å². The van der Waals surface area contributed by atoms with Crippen LogP contribution in [0.5, 0.6) is 5.75 Å². The Morgan fingerprint density at radius 1 is 1.62 bits per heavy atom. The molecule has 0 N–H and O–H groups in total. The molecule has 72 valence electrons. The van der Waals surface area contributed by atoms with Crippen LogP contribution in [-0.4, -0.2) is 16.9 Å². The second-order valence-corrected chi connectivity index (χ2v) is 3.58. The molecule has 0 aliphatic rings. The van der Waals surface area contributed by atoms with Crippen LogP contribution < -0.4 is 4.74 Å². The molecule has 0 aromatic carbocycles. The summed E-state index contributed by atoms with van der Waals surface area (Å²) in [7, 11) is 0. The van der Waals surface area contributed by atoms with Gasteiger partial charge in [0.25, 0.3) is 0 Å². The molecule has 0 aliphatic heterocycles. The average Bonchev–Trinajstić information content (AvgIpc) is 2.21. The molecular formula is C10H14BrNO. The Hall–Kier alpha value is -0.570. The number of nitrogens with zero attached hydrogens (tertiary/aromatic N) is 1. The third-order valence-electron chi connectivity index (χ3n) is 1.92. The Morgan fingerprint density at radius 2 is 2.46 bits per heavy atom. The van der Waals surface area contributed by atoms with Gasteiger partial charge in [-0.15, -0.1) is 0 Å². The summed E-state index contributed by atoms with van der Waals surface area (Å²) in [5, 5.41) is 0.990. The lowest BCUT2D eigenvalue weighted by Gasteiger charge is -2.12. The third-order valence-corrected chi connectivity index (χ3v) is 2.83. The minimum absolute atomic E-state index is 0.584. The van der Waals surface area contributed by atoms with Crippen LogP contribution in [0.1, 0.15) is 13.3 Å². The fourth-order valence-corrected chi connectivity index (χ4v) is 1.56. The molecule has 0 aliphatic carbocycles. The summed E-state index contributed by atoms with van der Waals surface area (Å²) in [4.78, 5) is 3.98. The second-order valence-electron chi connectivity index (χ2n) is 2.93. The zero-order valence-electron chi connectivity index (χ0n) is 7.74. The fourth-order valence-electron chi connectivity index (χ4n) is 0.918. The number of hydrogen-bond donors (Lipinski definition) is 0. The minimum atomic E-state index is 0.584. The highest BCUT2D eigenvalue weighted by Gasteiger charge is 2.04. The topological polar surface area (TPSA) is 22.1 Å². The van der Waals surface area contributed by atoms with Crippen molar-refractivity contribution >= 4 is 15.9 Å². The van der Waals surface area contributed by atoms with Crippen molar-refractivity contribution in [3.05, 3.63) is 24.5 Å². The van der Waals surface area contributed by atoms with Gasteiger partial charge in [-0.1, -0.05) is 22.9 Å². The normalized spacial score (nSPS) is 12.5. The zero-order chi connectivity index (χ0) is 9.52. The lowest BCUT2D eigenvalue weighted by Crippen LogP contribution is -2.12. The molecule has 0 amide bonds. The number of halogens is 1. The molecule has 0 spiro atoms. The van der Waals surface area contributed by atoms with Crippen molar-refractivity contribution in [2.24, 2.45) is 5.92 Å². The molecule has 1 atom stereocenters. The molecule has 13 heavy (non-hydrogen) atoms. The smallest absolute Gasteiger partial charge is 0.137 e. The molecular weight excluding hydrogens is 230 g/mol. The van der Waals surface area contributed by atoms with E-state index in [1.165, 1.54) is 0 Å². The molecule has 3 heteroatoms. The predicted octanol–water partition coefficient (Wildman–Crippen LogP) is 2.88. The van der Waals surface area contributed by atoms with E-state index in [1.807, 2.05) is 12.1 Å². The van der Waals surface area contributed by atoms with Gasteiger partial charge in [0.2, 0.25) is 0 Å². The lowest BCUT2D eigenvalue weighted by molar-refractivity contribution is 0.259. The summed E-state index contributed by atoms with van der Waals surface area (Å²) in [6, 6.07) is 3.80. The van der Waals surface area contributed by atoms with Gasteiger partial charge in [-0.05, 0) is 18.6 Å². The molecule has 1 unspecified atom stereocenters. The van der Waals surface area contributed by atoms with Crippen molar-refractivity contribution in [2.75, 3.05) is 11.9 Å².